The van der Waals surface area contributed by atoms with Gasteiger partial charge >= 0.3 is 0 Å². The normalized spacial score (nSPS) is 10.5. The summed E-state index contributed by atoms with van der Waals surface area (Å²) in [5.41, 5.74) is 17.3. The number of benzene rings is 1. The summed E-state index contributed by atoms with van der Waals surface area (Å²) in [5.74, 6) is -0.135. The van der Waals surface area contributed by atoms with Crippen LogP contribution in [0.1, 0.15) is 5.56 Å². The van der Waals surface area contributed by atoms with E-state index in [1.807, 2.05) is 13.0 Å². The highest BCUT2D eigenvalue weighted by atomic mass is 35.5. The molecule has 16 heavy (non-hydrogen) atoms. The van der Waals surface area contributed by atoms with Crippen molar-refractivity contribution in [3.05, 3.63) is 28.8 Å². The molecule has 0 spiro atoms. The van der Waals surface area contributed by atoms with Crippen molar-refractivity contribution < 1.29 is 12.4 Å². The van der Waals surface area contributed by atoms with Gasteiger partial charge in [-0.3, -0.25) is 0 Å². The van der Waals surface area contributed by atoms with E-state index in [9.17, 15) is 0 Å². The van der Waals surface area contributed by atoms with E-state index in [1.54, 1.807) is 12.1 Å². The van der Waals surface area contributed by atoms with E-state index in [0.717, 1.165) is 5.56 Å². The second kappa shape index (κ2) is 6.19. The van der Waals surface area contributed by atoms with Crippen LogP contribution in [-0.4, -0.2) is 11.9 Å². The summed E-state index contributed by atoms with van der Waals surface area (Å²) in [6.07, 6.45) is 0. The van der Waals surface area contributed by atoms with Gasteiger partial charge in [-0.05, 0) is 24.6 Å². The Morgan fingerprint density at radius 1 is 1.25 bits per heavy atom. The fourth-order valence-electron chi connectivity index (χ4n) is 0.941. The van der Waals surface area contributed by atoms with Crippen molar-refractivity contribution >= 4 is 29.2 Å². The minimum Gasteiger partial charge on any atom is -1.00 e. The number of aliphatic imine (C=N–C) groups is 2. The van der Waals surface area contributed by atoms with Gasteiger partial charge in [-0.1, -0.05) is 17.7 Å². The Kier molecular flexibility index (Phi) is 5.63. The van der Waals surface area contributed by atoms with Crippen molar-refractivity contribution in [2.75, 3.05) is 0 Å². The largest absolute Gasteiger partial charge is 1.00 e. The number of guanidine groups is 2. The molecule has 7 heteroatoms. The standard InChI is InChI=1S/C9H12ClN5.ClH/c1-5-2-3-6(4-7(5)10)14-9(13)15-8(11)12;/h2-4H,1H3,(H6,11,12,13,14,15);1H/p-1. The second-order valence-corrected chi connectivity index (χ2v) is 3.35. The lowest BCUT2D eigenvalue weighted by Gasteiger charge is -1.99. The number of nitrogens with two attached hydrogens (primary N) is 3. The lowest BCUT2D eigenvalue weighted by Crippen LogP contribution is -3.00. The number of aryl methyl sites for hydroxylation is 1. The fourth-order valence-corrected chi connectivity index (χ4v) is 1.12. The first-order valence-electron chi connectivity index (χ1n) is 4.19. The minimum absolute atomic E-state index is 0. The summed E-state index contributed by atoms with van der Waals surface area (Å²) in [4.78, 5) is 7.55. The maximum absolute atomic E-state index is 5.91. The van der Waals surface area contributed by atoms with Crippen molar-refractivity contribution in [1.29, 1.82) is 0 Å². The molecule has 0 atom stereocenters. The molecule has 6 N–H and O–H groups in total. The topological polar surface area (TPSA) is 103 Å². The Morgan fingerprint density at radius 2 is 1.88 bits per heavy atom. The van der Waals surface area contributed by atoms with Gasteiger partial charge in [-0.2, -0.15) is 4.99 Å². The average Bonchev–Trinajstić information content (AvgIpc) is 2.10. The first kappa shape index (κ1) is 14.5. The molecule has 0 saturated heterocycles. The predicted octanol–water partition coefficient (Wildman–Crippen LogP) is -2.13. The quantitative estimate of drug-likeness (QED) is 0.397. The monoisotopic (exact) mass is 260 g/mol. The number of halogens is 2. The van der Waals surface area contributed by atoms with Crippen LogP contribution in [0.3, 0.4) is 0 Å². The van der Waals surface area contributed by atoms with Gasteiger partial charge in [0.25, 0.3) is 0 Å². The average molecular weight is 261 g/mol. The Balaban J connectivity index is 0.00000225. The van der Waals surface area contributed by atoms with Crippen molar-refractivity contribution in [2.24, 2.45) is 27.2 Å². The molecule has 0 fully saturated rings. The van der Waals surface area contributed by atoms with Crippen LogP contribution in [0.5, 0.6) is 0 Å². The molecule has 0 aromatic heterocycles. The third-order valence-electron chi connectivity index (χ3n) is 1.64. The zero-order chi connectivity index (χ0) is 11.4. The van der Waals surface area contributed by atoms with E-state index in [1.165, 1.54) is 0 Å². The summed E-state index contributed by atoms with van der Waals surface area (Å²) in [6, 6.07) is 5.30. The third kappa shape index (κ3) is 4.37. The molecule has 1 aromatic carbocycles. The van der Waals surface area contributed by atoms with Crippen LogP contribution >= 0.6 is 11.6 Å². The number of hydrogen-bond acceptors (Lipinski definition) is 1. The van der Waals surface area contributed by atoms with Gasteiger partial charge < -0.3 is 29.6 Å². The zero-order valence-corrected chi connectivity index (χ0v) is 10.1. The van der Waals surface area contributed by atoms with Crippen LogP contribution in [0, 0.1) is 6.92 Å². The third-order valence-corrected chi connectivity index (χ3v) is 2.05. The van der Waals surface area contributed by atoms with Gasteiger partial charge in [0.05, 0.1) is 5.69 Å². The molecule has 5 nitrogen and oxygen atoms in total. The van der Waals surface area contributed by atoms with Gasteiger partial charge in [0.15, 0.2) is 5.96 Å². The van der Waals surface area contributed by atoms with E-state index < -0.39 is 0 Å². The summed E-state index contributed by atoms with van der Waals surface area (Å²) in [7, 11) is 0. The van der Waals surface area contributed by atoms with E-state index in [4.69, 9.17) is 28.8 Å². The van der Waals surface area contributed by atoms with Gasteiger partial charge in [0.2, 0.25) is 5.96 Å². The summed E-state index contributed by atoms with van der Waals surface area (Å²) >= 11 is 5.91. The second-order valence-electron chi connectivity index (χ2n) is 2.94. The molecular formula is C9H12Cl2N5-. The summed E-state index contributed by atoms with van der Waals surface area (Å²) in [5, 5.41) is 0.619. The van der Waals surface area contributed by atoms with Crippen LogP contribution in [0.2, 0.25) is 5.02 Å². The van der Waals surface area contributed by atoms with Gasteiger partial charge in [-0.15, -0.1) is 0 Å². The Hall–Kier alpha value is -1.46. The Bertz CT molecular complexity index is 424. The van der Waals surface area contributed by atoms with E-state index in [0.29, 0.717) is 10.7 Å². The molecule has 0 aliphatic carbocycles. The highest BCUT2D eigenvalue weighted by Gasteiger charge is 1.97. The molecule has 0 bridgehead atoms. The Labute approximate surface area is 105 Å². The maximum Gasteiger partial charge on any atom is 0.223 e. The fraction of sp³-hybridized carbons (Fsp3) is 0.111. The lowest BCUT2D eigenvalue weighted by molar-refractivity contribution is -0.00000365. The first-order chi connectivity index (χ1) is 6.99. The number of rotatable bonds is 1. The predicted molar refractivity (Wildman–Crippen MR) is 63.3 cm³/mol. The van der Waals surface area contributed by atoms with E-state index >= 15 is 0 Å². The van der Waals surface area contributed by atoms with Crippen molar-refractivity contribution in [1.82, 2.24) is 0 Å². The summed E-state index contributed by atoms with van der Waals surface area (Å²) in [6.45, 7) is 1.90. The van der Waals surface area contributed by atoms with E-state index in [-0.39, 0.29) is 24.3 Å². The number of nitrogens with zero attached hydrogens (tertiary/aromatic N) is 2. The molecule has 0 aliphatic rings. The van der Waals surface area contributed by atoms with Gasteiger partial charge in [-0.25, -0.2) is 4.99 Å². The van der Waals surface area contributed by atoms with Gasteiger partial charge in [0.1, 0.15) is 0 Å². The van der Waals surface area contributed by atoms with Crippen molar-refractivity contribution in [2.45, 2.75) is 6.92 Å². The highest BCUT2D eigenvalue weighted by molar-refractivity contribution is 6.31. The molecule has 0 unspecified atom stereocenters. The van der Waals surface area contributed by atoms with Crippen LogP contribution in [0.4, 0.5) is 5.69 Å². The minimum atomic E-state index is -0.130. The van der Waals surface area contributed by atoms with Crippen molar-refractivity contribution in [3.63, 3.8) is 0 Å². The molecule has 1 rings (SSSR count). The molecule has 0 aliphatic heterocycles. The molecule has 0 radical (unpaired) electrons. The van der Waals surface area contributed by atoms with Crippen LogP contribution in [-0.2, 0) is 0 Å². The zero-order valence-electron chi connectivity index (χ0n) is 8.61. The lowest BCUT2D eigenvalue weighted by atomic mass is 10.2. The van der Waals surface area contributed by atoms with Crippen LogP contribution in [0.25, 0.3) is 0 Å². The maximum atomic E-state index is 5.91. The number of hydrogen-bond donors (Lipinski definition) is 3. The van der Waals surface area contributed by atoms with Crippen LogP contribution < -0.4 is 29.6 Å². The van der Waals surface area contributed by atoms with Crippen molar-refractivity contribution in [3.8, 4) is 0 Å². The first-order valence-corrected chi connectivity index (χ1v) is 4.57. The summed E-state index contributed by atoms with van der Waals surface area (Å²) < 4.78 is 0. The van der Waals surface area contributed by atoms with Gasteiger partial charge in [0, 0.05) is 5.02 Å². The molecule has 88 valence electrons. The van der Waals surface area contributed by atoms with E-state index in [2.05, 4.69) is 9.98 Å². The smallest absolute Gasteiger partial charge is 0.223 e. The van der Waals surface area contributed by atoms with Crippen LogP contribution in [0.15, 0.2) is 28.2 Å². The molecule has 0 saturated carbocycles. The molecule has 0 amide bonds. The molecule has 0 heterocycles. The molecule has 1 aromatic rings. The highest BCUT2D eigenvalue weighted by Crippen LogP contribution is 2.21. The Morgan fingerprint density at radius 3 is 2.38 bits per heavy atom. The molecular weight excluding hydrogens is 249 g/mol. The SMILES string of the molecule is Cc1ccc(N=C(N)N=C(N)N)cc1Cl.[Cl-].